The number of methoxy groups -OCH3 is 1. The van der Waals surface area contributed by atoms with Crippen LogP contribution in [0.3, 0.4) is 0 Å². The van der Waals surface area contributed by atoms with E-state index in [0.29, 0.717) is 69.9 Å². The Bertz CT molecular complexity index is 1210. The molecule has 0 atom stereocenters. The first-order valence-corrected chi connectivity index (χ1v) is 14.0. The highest BCUT2D eigenvalue weighted by Crippen LogP contribution is 2.23. The summed E-state index contributed by atoms with van der Waals surface area (Å²) in [5.41, 5.74) is 8.15. The van der Waals surface area contributed by atoms with E-state index < -0.39 is 0 Å². The zero-order valence-electron chi connectivity index (χ0n) is 23.5. The topological polar surface area (TPSA) is 158 Å². The predicted octanol–water partition coefficient (Wildman–Crippen LogP) is 2.85. The molecule has 0 radical (unpaired) electrons. The maximum atomic E-state index is 12.3. The molecule has 0 saturated heterocycles. The number of ether oxygens (including phenoxy) is 3. The summed E-state index contributed by atoms with van der Waals surface area (Å²) in [5.74, 6) is 2.18. The van der Waals surface area contributed by atoms with Crippen LogP contribution >= 0.6 is 0 Å². The molecule has 0 aliphatic heterocycles. The standard InChI is InChI=1S/C29H40N8O4/c1-39-25-11-7-22(8-12-25)20-32-27-35-28(33-23-3-2-4-23)37-29(36-27)34-24-9-5-21(6-10-24)19-26(38)31-14-16-41-18-17-40-15-13-30/h5-12,23H,2-4,13-20,30H2,1H3,(H,31,38)(H3,32,33,34,35,36,37). The fourth-order valence-corrected chi connectivity index (χ4v) is 3.99. The number of rotatable bonds is 18. The molecule has 1 aliphatic rings. The highest BCUT2D eigenvalue weighted by Gasteiger charge is 2.19. The number of amides is 1. The van der Waals surface area contributed by atoms with Crippen molar-refractivity contribution >= 4 is 29.4 Å². The maximum absolute atomic E-state index is 12.3. The van der Waals surface area contributed by atoms with Crippen molar-refractivity contribution in [2.24, 2.45) is 5.73 Å². The van der Waals surface area contributed by atoms with Crippen molar-refractivity contribution in [1.29, 1.82) is 0 Å². The van der Waals surface area contributed by atoms with E-state index in [9.17, 15) is 4.79 Å². The molecule has 0 spiro atoms. The van der Waals surface area contributed by atoms with Crippen LogP contribution in [-0.2, 0) is 27.2 Å². The van der Waals surface area contributed by atoms with Crippen molar-refractivity contribution in [3.8, 4) is 5.75 Å². The lowest BCUT2D eigenvalue weighted by Crippen LogP contribution is -2.29. The van der Waals surface area contributed by atoms with Crippen molar-refractivity contribution in [3.63, 3.8) is 0 Å². The number of benzene rings is 2. The molecular formula is C29H40N8O4. The average Bonchev–Trinajstić information content (AvgIpc) is 2.96. The van der Waals surface area contributed by atoms with Crippen LogP contribution in [0.2, 0.25) is 0 Å². The van der Waals surface area contributed by atoms with Crippen LogP contribution in [0, 0.1) is 0 Å². The molecule has 6 N–H and O–H groups in total. The predicted molar refractivity (Wildman–Crippen MR) is 159 cm³/mol. The fraction of sp³-hybridized carbons (Fsp3) is 0.448. The normalized spacial score (nSPS) is 12.8. The first kappa shape index (κ1) is 30.0. The molecule has 12 nitrogen and oxygen atoms in total. The minimum Gasteiger partial charge on any atom is -0.497 e. The first-order valence-electron chi connectivity index (χ1n) is 14.0. The van der Waals surface area contributed by atoms with Gasteiger partial charge >= 0.3 is 0 Å². The van der Waals surface area contributed by atoms with E-state index in [1.54, 1.807) is 7.11 Å². The molecule has 2 aromatic carbocycles. The summed E-state index contributed by atoms with van der Waals surface area (Å²) in [7, 11) is 1.65. The van der Waals surface area contributed by atoms with Gasteiger partial charge in [-0.1, -0.05) is 24.3 Å². The molecule has 1 saturated carbocycles. The summed E-state index contributed by atoms with van der Waals surface area (Å²) >= 11 is 0. The van der Waals surface area contributed by atoms with Gasteiger partial charge in [-0.3, -0.25) is 4.79 Å². The van der Waals surface area contributed by atoms with Crippen molar-refractivity contribution < 1.29 is 19.0 Å². The number of hydrogen-bond acceptors (Lipinski definition) is 11. The molecule has 12 heteroatoms. The Morgan fingerprint density at radius 2 is 1.56 bits per heavy atom. The SMILES string of the molecule is COc1ccc(CNc2nc(Nc3ccc(CC(=O)NCCOCCOCCN)cc3)nc(NC3CCC3)n2)cc1. The van der Waals surface area contributed by atoms with Crippen LogP contribution in [0.5, 0.6) is 5.75 Å². The second-order valence-electron chi connectivity index (χ2n) is 9.64. The molecule has 41 heavy (non-hydrogen) atoms. The number of hydrogen-bond donors (Lipinski definition) is 5. The molecule has 0 unspecified atom stereocenters. The van der Waals surface area contributed by atoms with Gasteiger partial charge in [-0.15, -0.1) is 0 Å². The molecule has 4 rings (SSSR count). The molecular weight excluding hydrogens is 524 g/mol. The van der Waals surface area contributed by atoms with Gasteiger partial charge in [0.1, 0.15) is 5.75 Å². The zero-order valence-corrected chi connectivity index (χ0v) is 23.5. The van der Waals surface area contributed by atoms with Crippen molar-refractivity contribution in [2.75, 3.05) is 62.6 Å². The molecule has 1 amide bonds. The number of anilines is 4. The summed E-state index contributed by atoms with van der Waals surface area (Å²) in [6.45, 7) is 3.42. The van der Waals surface area contributed by atoms with Gasteiger partial charge in [0, 0.05) is 31.4 Å². The van der Waals surface area contributed by atoms with Crippen LogP contribution in [0.1, 0.15) is 30.4 Å². The van der Waals surface area contributed by atoms with Crippen molar-refractivity contribution in [3.05, 3.63) is 59.7 Å². The number of carbonyl (C=O) groups excluding carboxylic acids is 1. The smallest absolute Gasteiger partial charge is 0.233 e. The Hall–Kier alpha value is -4.00. The van der Waals surface area contributed by atoms with Crippen LogP contribution in [0.4, 0.5) is 23.5 Å². The summed E-state index contributed by atoms with van der Waals surface area (Å²) in [4.78, 5) is 26.0. The average molecular weight is 565 g/mol. The van der Waals surface area contributed by atoms with E-state index in [1.165, 1.54) is 6.42 Å². The molecule has 1 fully saturated rings. The van der Waals surface area contributed by atoms with E-state index in [4.69, 9.17) is 19.9 Å². The minimum atomic E-state index is -0.0644. The molecule has 3 aromatic rings. The molecule has 0 bridgehead atoms. The van der Waals surface area contributed by atoms with Crippen LogP contribution in [0.15, 0.2) is 48.5 Å². The second-order valence-corrected chi connectivity index (χ2v) is 9.64. The lowest BCUT2D eigenvalue weighted by molar-refractivity contribution is -0.120. The molecule has 1 heterocycles. The maximum Gasteiger partial charge on any atom is 0.233 e. The van der Waals surface area contributed by atoms with E-state index >= 15 is 0 Å². The van der Waals surface area contributed by atoms with Gasteiger partial charge < -0.3 is 41.2 Å². The van der Waals surface area contributed by atoms with Gasteiger partial charge in [0.2, 0.25) is 23.8 Å². The second kappa shape index (κ2) is 16.3. The van der Waals surface area contributed by atoms with Gasteiger partial charge in [-0.25, -0.2) is 0 Å². The number of nitrogens with zero attached hydrogens (tertiary/aromatic N) is 3. The Balaban J connectivity index is 1.28. The number of carbonyl (C=O) groups is 1. The third kappa shape index (κ3) is 10.5. The van der Waals surface area contributed by atoms with E-state index in [0.717, 1.165) is 35.4 Å². The van der Waals surface area contributed by atoms with Gasteiger partial charge in [0.05, 0.1) is 40.0 Å². The lowest BCUT2D eigenvalue weighted by Gasteiger charge is -2.26. The summed E-state index contributed by atoms with van der Waals surface area (Å²) < 4.78 is 15.9. The highest BCUT2D eigenvalue weighted by atomic mass is 16.5. The quantitative estimate of drug-likeness (QED) is 0.145. The molecule has 1 aromatic heterocycles. The van der Waals surface area contributed by atoms with Crippen LogP contribution < -0.4 is 31.7 Å². The van der Waals surface area contributed by atoms with Crippen molar-refractivity contribution in [1.82, 2.24) is 20.3 Å². The largest absolute Gasteiger partial charge is 0.497 e. The Morgan fingerprint density at radius 1 is 0.878 bits per heavy atom. The Morgan fingerprint density at radius 3 is 2.24 bits per heavy atom. The highest BCUT2D eigenvalue weighted by molar-refractivity contribution is 5.78. The number of aromatic nitrogens is 3. The van der Waals surface area contributed by atoms with Gasteiger partial charge in [-0.05, 0) is 54.7 Å². The summed E-state index contributed by atoms with van der Waals surface area (Å²) in [6.07, 6.45) is 3.70. The Labute approximate surface area is 240 Å². The minimum absolute atomic E-state index is 0.0644. The van der Waals surface area contributed by atoms with Crippen molar-refractivity contribution in [2.45, 2.75) is 38.3 Å². The lowest BCUT2D eigenvalue weighted by atomic mass is 9.93. The van der Waals surface area contributed by atoms with Crippen LogP contribution in [0.25, 0.3) is 0 Å². The van der Waals surface area contributed by atoms with Gasteiger partial charge in [0.15, 0.2) is 0 Å². The van der Waals surface area contributed by atoms with Gasteiger partial charge in [-0.2, -0.15) is 15.0 Å². The monoisotopic (exact) mass is 564 g/mol. The summed E-state index contributed by atoms with van der Waals surface area (Å²) in [5, 5.41) is 12.8. The molecule has 220 valence electrons. The Kier molecular flexibility index (Phi) is 11.9. The van der Waals surface area contributed by atoms with Gasteiger partial charge in [0.25, 0.3) is 0 Å². The number of nitrogens with one attached hydrogen (secondary N) is 4. The van der Waals surface area contributed by atoms with E-state index in [-0.39, 0.29) is 12.3 Å². The first-order chi connectivity index (χ1) is 20.1. The molecule has 1 aliphatic carbocycles. The zero-order chi connectivity index (χ0) is 28.7. The van der Waals surface area contributed by atoms with Crippen LogP contribution in [-0.4, -0.2) is 73.5 Å². The summed E-state index contributed by atoms with van der Waals surface area (Å²) in [6, 6.07) is 15.8. The van der Waals surface area contributed by atoms with E-state index in [2.05, 4.69) is 36.2 Å². The third-order valence-corrected chi connectivity index (χ3v) is 6.46. The van der Waals surface area contributed by atoms with E-state index in [1.807, 2.05) is 48.5 Å². The number of nitrogens with two attached hydrogens (primary N) is 1. The fourth-order valence-electron chi connectivity index (χ4n) is 3.99. The third-order valence-electron chi connectivity index (χ3n) is 6.46.